The minimum atomic E-state index is 0.539. The van der Waals surface area contributed by atoms with Gasteiger partial charge >= 0.3 is 0 Å². The van der Waals surface area contributed by atoms with Gasteiger partial charge in [-0.3, -0.25) is 0 Å². The molecule has 0 heterocycles. The van der Waals surface area contributed by atoms with E-state index in [2.05, 4.69) is 49.4 Å². The topological polar surface area (TPSA) is 0 Å². The summed E-state index contributed by atoms with van der Waals surface area (Å²) in [6.45, 7) is 2.19. The average Bonchev–Trinajstić information content (AvgIpc) is 2.29. The molecule has 0 aliphatic heterocycles. The lowest BCUT2D eigenvalue weighted by atomic mass is 9.97. The molecule has 0 radical (unpaired) electrons. The maximum atomic E-state index is 5.85. The number of hydrogen-bond acceptors (Lipinski definition) is 0. The first kappa shape index (κ1) is 10.5. The standard InChI is InChI=1S/C14H15Cl/c1-11(10-15)9-13-7-4-6-12-5-2-3-8-14(12)13/h2-8,11H,9-10H2,1H3. The molecule has 0 saturated heterocycles. The van der Waals surface area contributed by atoms with Crippen molar-refractivity contribution in [3.63, 3.8) is 0 Å². The lowest BCUT2D eigenvalue weighted by Crippen LogP contribution is -2.01. The Kier molecular flexibility index (Phi) is 3.27. The summed E-state index contributed by atoms with van der Waals surface area (Å²) in [6, 6.07) is 15.0. The number of alkyl halides is 1. The van der Waals surface area contributed by atoms with Gasteiger partial charge < -0.3 is 0 Å². The van der Waals surface area contributed by atoms with Crippen LogP contribution in [0.5, 0.6) is 0 Å². The van der Waals surface area contributed by atoms with E-state index in [-0.39, 0.29) is 0 Å². The molecule has 0 aliphatic carbocycles. The molecular formula is C14H15Cl. The van der Waals surface area contributed by atoms with Crippen LogP contribution in [0.25, 0.3) is 10.8 Å². The van der Waals surface area contributed by atoms with Crippen molar-refractivity contribution in [3.8, 4) is 0 Å². The van der Waals surface area contributed by atoms with Crippen LogP contribution >= 0.6 is 11.6 Å². The SMILES string of the molecule is CC(CCl)Cc1cccc2ccccc12. The number of rotatable bonds is 3. The van der Waals surface area contributed by atoms with Crippen molar-refractivity contribution in [2.24, 2.45) is 5.92 Å². The van der Waals surface area contributed by atoms with E-state index in [1.165, 1.54) is 16.3 Å². The Morgan fingerprint density at radius 1 is 1.07 bits per heavy atom. The Balaban J connectivity index is 2.42. The highest BCUT2D eigenvalue weighted by Crippen LogP contribution is 2.21. The highest BCUT2D eigenvalue weighted by atomic mass is 35.5. The smallest absolute Gasteiger partial charge is 0.0252 e. The van der Waals surface area contributed by atoms with Crippen LogP contribution in [0.2, 0.25) is 0 Å². The van der Waals surface area contributed by atoms with E-state index in [1.54, 1.807) is 0 Å². The van der Waals surface area contributed by atoms with Crippen LogP contribution in [-0.2, 0) is 6.42 Å². The van der Waals surface area contributed by atoms with Crippen LogP contribution in [0, 0.1) is 5.92 Å². The first-order chi connectivity index (χ1) is 7.31. The Hall–Kier alpha value is -1.01. The van der Waals surface area contributed by atoms with Crippen molar-refractivity contribution >= 4 is 22.4 Å². The minimum absolute atomic E-state index is 0.539. The van der Waals surface area contributed by atoms with E-state index in [0.717, 1.165) is 12.3 Å². The van der Waals surface area contributed by atoms with E-state index in [1.807, 2.05) is 0 Å². The molecule has 1 atom stereocenters. The first-order valence-corrected chi connectivity index (χ1v) is 5.87. The van der Waals surface area contributed by atoms with Gasteiger partial charge in [0.2, 0.25) is 0 Å². The van der Waals surface area contributed by atoms with Crippen LogP contribution < -0.4 is 0 Å². The lowest BCUT2D eigenvalue weighted by Gasteiger charge is -2.10. The minimum Gasteiger partial charge on any atom is -0.126 e. The van der Waals surface area contributed by atoms with E-state index >= 15 is 0 Å². The molecule has 78 valence electrons. The molecule has 0 fully saturated rings. The largest absolute Gasteiger partial charge is 0.126 e. The zero-order valence-corrected chi connectivity index (χ0v) is 9.67. The highest BCUT2D eigenvalue weighted by Gasteiger charge is 2.04. The normalized spacial score (nSPS) is 12.9. The van der Waals surface area contributed by atoms with E-state index in [4.69, 9.17) is 11.6 Å². The highest BCUT2D eigenvalue weighted by molar-refractivity contribution is 6.18. The molecule has 0 amide bonds. The molecule has 15 heavy (non-hydrogen) atoms. The second-order valence-corrected chi connectivity index (χ2v) is 4.41. The van der Waals surface area contributed by atoms with Gasteiger partial charge in [0.15, 0.2) is 0 Å². The summed E-state index contributed by atoms with van der Waals surface area (Å²) in [6.07, 6.45) is 1.06. The summed E-state index contributed by atoms with van der Waals surface area (Å²) in [5.41, 5.74) is 1.40. The zero-order valence-electron chi connectivity index (χ0n) is 8.91. The van der Waals surface area contributed by atoms with Gasteiger partial charge in [-0.15, -0.1) is 11.6 Å². The van der Waals surface area contributed by atoms with Gasteiger partial charge in [-0.2, -0.15) is 0 Å². The molecule has 0 aromatic heterocycles. The van der Waals surface area contributed by atoms with Crippen molar-refractivity contribution < 1.29 is 0 Å². The Morgan fingerprint density at radius 3 is 2.60 bits per heavy atom. The van der Waals surface area contributed by atoms with Gasteiger partial charge in [-0.05, 0) is 28.7 Å². The fraction of sp³-hybridized carbons (Fsp3) is 0.286. The summed E-state index contributed by atoms with van der Waals surface area (Å²) in [4.78, 5) is 0. The third-order valence-electron chi connectivity index (χ3n) is 2.71. The lowest BCUT2D eigenvalue weighted by molar-refractivity contribution is 0.657. The Bertz CT molecular complexity index is 443. The zero-order chi connectivity index (χ0) is 10.7. The molecule has 0 spiro atoms. The van der Waals surface area contributed by atoms with Crippen molar-refractivity contribution in [1.29, 1.82) is 0 Å². The molecule has 0 aliphatic rings. The van der Waals surface area contributed by atoms with Gasteiger partial charge in [-0.25, -0.2) is 0 Å². The summed E-state index contributed by atoms with van der Waals surface area (Å²) < 4.78 is 0. The number of halogens is 1. The predicted octanol–water partition coefficient (Wildman–Crippen LogP) is 4.26. The van der Waals surface area contributed by atoms with Crippen LogP contribution in [-0.4, -0.2) is 5.88 Å². The van der Waals surface area contributed by atoms with E-state index in [0.29, 0.717) is 5.92 Å². The second-order valence-electron chi connectivity index (χ2n) is 4.10. The summed E-state index contributed by atoms with van der Waals surface area (Å²) in [7, 11) is 0. The molecule has 2 aromatic rings. The maximum Gasteiger partial charge on any atom is 0.0252 e. The monoisotopic (exact) mass is 218 g/mol. The number of fused-ring (bicyclic) bond motifs is 1. The summed E-state index contributed by atoms with van der Waals surface area (Å²) in [5.74, 6) is 1.26. The Labute approximate surface area is 95.9 Å². The van der Waals surface area contributed by atoms with Crippen LogP contribution in [0.4, 0.5) is 0 Å². The number of hydrogen-bond donors (Lipinski definition) is 0. The molecule has 0 N–H and O–H groups in total. The van der Waals surface area contributed by atoms with Crippen molar-refractivity contribution in [2.75, 3.05) is 5.88 Å². The summed E-state index contributed by atoms with van der Waals surface area (Å²) in [5, 5.41) is 2.67. The maximum absolute atomic E-state index is 5.85. The van der Waals surface area contributed by atoms with Crippen molar-refractivity contribution in [2.45, 2.75) is 13.3 Å². The fourth-order valence-electron chi connectivity index (χ4n) is 1.90. The molecule has 0 bridgehead atoms. The average molecular weight is 219 g/mol. The molecular weight excluding hydrogens is 204 g/mol. The molecule has 1 unspecified atom stereocenters. The van der Waals surface area contributed by atoms with Crippen LogP contribution in [0.1, 0.15) is 12.5 Å². The fourth-order valence-corrected chi connectivity index (χ4v) is 2.01. The van der Waals surface area contributed by atoms with E-state index in [9.17, 15) is 0 Å². The number of benzene rings is 2. The van der Waals surface area contributed by atoms with Gasteiger partial charge in [0.05, 0.1) is 0 Å². The third-order valence-corrected chi connectivity index (χ3v) is 3.24. The molecule has 2 rings (SSSR count). The quantitative estimate of drug-likeness (QED) is 0.676. The van der Waals surface area contributed by atoms with Crippen LogP contribution in [0.15, 0.2) is 42.5 Å². The van der Waals surface area contributed by atoms with Gasteiger partial charge in [-0.1, -0.05) is 49.4 Å². The first-order valence-electron chi connectivity index (χ1n) is 5.34. The van der Waals surface area contributed by atoms with Gasteiger partial charge in [0, 0.05) is 5.88 Å². The van der Waals surface area contributed by atoms with Crippen LogP contribution in [0.3, 0.4) is 0 Å². The molecule has 1 heteroatoms. The molecule has 0 nitrogen and oxygen atoms in total. The van der Waals surface area contributed by atoms with Gasteiger partial charge in [0.25, 0.3) is 0 Å². The molecule has 2 aromatic carbocycles. The molecule has 0 saturated carbocycles. The Morgan fingerprint density at radius 2 is 1.80 bits per heavy atom. The third kappa shape index (κ3) is 2.32. The second kappa shape index (κ2) is 4.67. The predicted molar refractivity (Wildman–Crippen MR) is 67.5 cm³/mol. The van der Waals surface area contributed by atoms with E-state index < -0.39 is 0 Å². The summed E-state index contributed by atoms with van der Waals surface area (Å²) >= 11 is 5.85. The van der Waals surface area contributed by atoms with Gasteiger partial charge in [0.1, 0.15) is 0 Å². The van der Waals surface area contributed by atoms with Crippen molar-refractivity contribution in [1.82, 2.24) is 0 Å². The van der Waals surface area contributed by atoms with Crippen molar-refractivity contribution in [3.05, 3.63) is 48.0 Å².